The van der Waals surface area contributed by atoms with Crippen molar-refractivity contribution in [3.05, 3.63) is 94.3 Å². The highest BCUT2D eigenvalue weighted by atomic mass is 35.5. The van der Waals surface area contributed by atoms with E-state index in [4.69, 9.17) is 16.3 Å². The molecule has 0 aliphatic rings. The SMILES string of the molecule is COc1ccc([C@@](Cc2ccccc2)(NC(=O)CC(C)C)c2ccc(Cl)cn2)cc1C(F)(F)F. The lowest BCUT2D eigenvalue weighted by Gasteiger charge is -2.36. The average Bonchev–Trinajstić information content (AvgIpc) is 2.78. The van der Waals surface area contributed by atoms with Gasteiger partial charge in [-0.25, -0.2) is 0 Å². The summed E-state index contributed by atoms with van der Waals surface area (Å²) in [5, 5.41) is 3.40. The lowest BCUT2D eigenvalue weighted by atomic mass is 9.79. The molecule has 1 heterocycles. The summed E-state index contributed by atoms with van der Waals surface area (Å²) in [6, 6.07) is 16.3. The number of carbonyl (C=O) groups is 1. The maximum Gasteiger partial charge on any atom is 0.419 e. The summed E-state index contributed by atoms with van der Waals surface area (Å²) < 4.78 is 46.7. The Hall–Kier alpha value is -3.06. The van der Waals surface area contributed by atoms with Gasteiger partial charge in [-0.1, -0.05) is 61.8 Å². The van der Waals surface area contributed by atoms with E-state index in [-0.39, 0.29) is 36.0 Å². The summed E-state index contributed by atoms with van der Waals surface area (Å²) in [6.07, 6.45) is -2.86. The molecule has 0 spiro atoms. The molecule has 0 aliphatic carbocycles. The first kappa shape index (κ1) is 25.6. The fraction of sp³-hybridized carbons (Fsp3) is 0.308. The third kappa shape index (κ3) is 5.89. The molecule has 180 valence electrons. The molecule has 1 N–H and O–H groups in total. The molecular weight excluding hydrogens is 465 g/mol. The number of methoxy groups -OCH3 is 1. The Morgan fingerprint density at radius 1 is 1.09 bits per heavy atom. The molecule has 0 aliphatic heterocycles. The van der Waals surface area contributed by atoms with Gasteiger partial charge in [-0.05, 0) is 41.3 Å². The molecule has 3 aromatic rings. The van der Waals surface area contributed by atoms with Gasteiger partial charge >= 0.3 is 6.18 Å². The normalized spacial score (nSPS) is 13.4. The summed E-state index contributed by atoms with van der Waals surface area (Å²) >= 11 is 6.05. The van der Waals surface area contributed by atoms with Crippen LogP contribution >= 0.6 is 11.6 Å². The van der Waals surface area contributed by atoms with Gasteiger partial charge in [0.25, 0.3) is 0 Å². The largest absolute Gasteiger partial charge is 0.496 e. The average molecular weight is 491 g/mol. The molecule has 1 amide bonds. The van der Waals surface area contributed by atoms with Gasteiger partial charge in [-0.15, -0.1) is 0 Å². The van der Waals surface area contributed by atoms with Crippen molar-refractivity contribution in [1.29, 1.82) is 0 Å². The van der Waals surface area contributed by atoms with Gasteiger partial charge in [0.1, 0.15) is 11.3 Å². The standard InChI is InChI=1S/C26H26ClF3N2O2/c1-17(2)13-24(33)32-25(15-18-7-5-4-6-8-18,23-12-10-20(27)16-31-23)19-9-11-22(34-3)21(14-19)26(28,29)30/h4-12,14,16-17H,13,15H2,1-3H3,(H,32,33)/t25-/m1/s1. The number of ether oxygens (including phenoxy) is 1. The highest BCUT2D eigenvalue weighted by molar-refractivity contribution is 6.30. The second kappa shape index (κ2) is 10.5. The molecule has 0 unspecified atom stereocenters. The van der Waals surface area contributed by atoms with Gasteiger partial charge in [0.2, 0.25) is 5.91 Å². The molecule has 4 nitrogen and oxygen atoms in total. The van der Waals surface area contributed by atoms with Crippen LogP contribution in [0.4, 0.5) is 13.2 Å². The number of benzene rings is 2. The molecule has 2 aromatic carbocycles. The molecule has 34 heavy (non-hydrogen) atoms. The van der Waals surface area contributed by atoms with Crippen LogP contribution in [0.5, 0.6) is 5.75 Å². The number of nitrogens with one attached hydrogen (secondary N) is 1. The molecule has 0 saturated heterocycles. The molecular formula is C26H26ClF3N2O2. The second-order valence-electron chi connectivity index (χ2n) is 8.49. The summed E-state index contributed by atoms with van der Waals surface area (Å²) in [7, 11) is 1.19. The molecule has 1 aromatic heterocycles. The van der Waals surface area contributed by atoms with E-state index in [1.807, 2.05) is 44.2 Å². The van der Waals surface area contributed by atoms with Crippen molar-refractivity contribution < 1.29 is 22.7 Å². The van der Waals surface area contributed by atoms with E-state index in [1.165, 1.54) is 25.4 Å². The zero-order valence-corrected chi connectivity index (χ0v) is 19.9. The van der Waals surface area contributed by atoms with Gasteiger partial charge in [0.05, 0.1) is 23.4 Å². The van der Waals surface area contributed by atoms with Crippen LogP contribution in [0.2, 0.25) is 5.02 Å². The maximum atomic E-state index is 13.9. The molecule has 3 rings (SSSR count). The number of amides is 1. The summed E-state index contributed by atoms with van der Waals surface area (Å²) in [5.41, 5.74) is -0.900. The van der Waals surface area contributed by atoms with Gasteiger partial charge in [-0.2, -0.15) is 13.2 Å². The van der Waals surface area contributed by atoms with Crippen molar-refractivity contribution in [1.82, 2.24) is 10.3 Å². The molecule has 0 bridgehead atoms. The number of halogens is 4. The lowest BCUT2D eigenvalue weighted by molar-refractivity contribution is -0.138. The van der Waals surface area contributed by atoms with E-state index in [9.17, 15) is 18.0 Å². The molecule has 0 fully saturated rings. The van der Waals surface area contributed by atoms with Crippen LogP contribution < -0.4 is 10.1 Å². The van der Waals surface area contributed by atoms with Crippen LogP contribution in [0.15, 0.2) is 66.9 Å². The Bertz CT molecular complexity index is 1120. The number of carbonyl (C=O) groups excluding carboxylic acids is 1. The number of nitrogens with zero attached hydrogens (tertiary/aromatic N) is 1. The van der Waals surface area contributed by atoms with E-state index in [0.29, 0.717) is 10.7 Å². The highest BCUT2D eigenvalue weighted by Crippen LogP contribution is 2.41. The quantitative estimate of drug-likeness (QED) is 0.397. The Labute approximate surface area is 202 Å². The van der Waals surface area contributed by atoms with Gasteiger partial charge < -0.3 is 10.1 Å². The summed E-state index contributed by atoms with van der Waals surface area (Å²) in [6.45, 7) is 3.79. The predicted molar refractivity (Wildman–Crippen MR) is 126 cm³/mol. The van der Waals surface area contributed by atoms with Crippen molar-refractivity contribution in [3.63, 3.8) is 0 Å². The predicted octanol–water partition coefficient (Wildman–Crippen LogP) is 6.41. The van der Waals surface area contributed by atoms with Gasteiger partial charge in [-0.3, -0.25) is 9.78 Å². The highest BCUT2D eigenvalue weighted by Gasteiger charge is 2.41. The molecule has 1 atom stereocenters. The van der Waals surface area contributed by atoms with Crippen molar-refractivity contribution >= 4 is 17.5 Å². The first-order chi connectivity index (χ1) is 16.0. The first-order valence-corrected chi connectivity index (χ1v) is 11.2. The second-order valence-corrected chi connectivity index (χ2v) is 8.92. The van der Waals surface area contributed by atoms with Crippen LogP contribution in [0.3, 0.4) is 0 Å². The smallest absolute Gasteiger partial charge is 0.419 e. The van der Waals surface area contributed by atoms with Gasteiger partial charge in [0, 0.05) is 19.0 Å². The van der Waals surface area contributed by atoms with E-state index in [1.54, 1.807) is 12.1 Å². The third-order valence-electron chi connectivity index (χ3n) is 5.42. The lowest BCUT2D eigenvalue weighted by Crippen LogP contribution is -2.49. The van der Waals surface area contributed by atoms with Crippen LogP contribution in [0.1, 0.15) is 42.7 Å². The monoisotopic (exact) mass is 490 g/mol. The van der Waals surface area contributed by atoms with Gasteiger partial charge in [0.15, 0.2) is 0 Å². The van der Waals surface area contributed by atoms with E-state index in [2.05, 4.69) is 10.3 Å². The Morgan fingerprint density at radius 2 is 1.79 bits per heavy atom. The molecule has 8 heteroatoms. The minimum atomic E-state index is -4.66. The number of hydrogen-bond donors (Lipinski definition) is 1. The van der Waals surface area contributed by atoms with Crippen LogP contribution in [-0.2, 0) is 22.9 Å². The zero-order chi connectivity index (χ0) is 24.9. The first-order valence-electron chi connectivity index (χ1n) is 10.8. The number of hydrogen-bond acceptors (Lipinski definition) is 3. The van der Waals surface area contributed by atoms with Crippen molar-refractivity contribution in [2.75, 3.05) is 7.11 Å². The van der Waals surface area contributed by atoms with Crippen LogP contribution in [0.25, 0.3) is 0 Å². The van der Waals surface area contributed by atoms with Crippen LogP contribution in [-0.4, -0.2) is 18.0 Å². The minimum absolute atomic E-state index is 0.0502. The van der Waals surface area contributed by atoms with Crippen LogP contribution in [0, 0.1) is 5.92 Å². The van der Waals surface area contributed by atoms with Crippen molar-refractivity contribution in [2.24, 2.45) is 5.92 Å². The Morgan fingerprint density at radius 3 is 2.35 bits per heavy atom. The third-order valence-corrected chi connectivity index (χ3v) is 5.64. The van der Waals surface area contributed by atoms with E-state index >= 15 is 0 Å². The fourth-order valence-corrected chi connectivity index (χ4v) is 4.02. The summed E-state index contributed by atoms with van der Waals surface area (Å²) in [4.78, 5) is 17.5. The van der Waals surface area contributed by atoms with Crippen molar-refractivity contribution in [3.8, 4) is 5.75 Å². The maximum absolute atomic E-state index is 13.9. The number of rotatable bonds is 8. The molecule has 0 saturated carbocycles. The summed E-state index contributed by atoms with van der Waals surface area (Å²) in [5.74, 6) is -0.552. The Kier molecular flexibility index (Phi) is 7.87. The number of alkyl halides is 3. The van der Waals surface area contributed by atoms with E-state index in [0.717, 1.165) is 11.6 Å². The van der Waals surface area contributed by atoms with Crippen molar-refractivity contribution in [2.45, 2.75) is 38.4 Å². The Balaban J connectivity index is 2.29. The number of aromatic nitrogens is 1. The zero-order valence-electron chi connectivity index (χ0n) is 19.1. The van der Waals surface area contributed by atoms with E-state index < -0.39 is 17.3 Å². The topological polar surface area (TPSA) is 51.2 Å². The molecule has 0 radical (unpaired) electrons. The number of pyridine rings is 1. The minimum Gasteiger partial charge on any atom is -0.496 e. The fourth-order valence-electron chi connectivity index (χ4n) is 3.91.